The molecule has 0 unspecified atom stereocenters. The van der Waals surface area contributed by atoms with Crippen molar-refractivity contribution < 1.29 is 52.5 Å². The highest BCUT2D eigenvalue weighted by Crippen LogP contribution is 2.23. The standard InChI is InChI=1S/C50H65N5O11/c1-33(51-46(59)42-22-15-29-55(42)47(60)40(54-49(62)66-50(3,4)5)27-28-43(56)65-39-20-13-8-14-21-39)44(57)53-41(45(58)52-34(2)48(61)64-32-37-18-11-7-12-19-37)30-35-23-25-38(26-24-35)63-31-36-16-9-6-10-17-36/h6-7,9-12,16-19,23-26,33-34,39-42H,8,13-15,20-22,27-32H2,1-5H3,(H,51,59)(H,52,58)(H,53,57)(H,54,62)/t33-,34-,40-,41+,42+/m1/s1. The van der Waals surface area contributed by atoms with Gasteiger partial charge in [-0.3, -0.25) is 24.0 Å². The summed E-state index contributed by atoms with van der Waals surface area (Å²) in [4.78, 5) is 95.6. The predicted octanol–water partition coefficient (Wildman–Crippen LogP) is 5.59. The Hall–Kier alpha value is -6.45. The van der Waals surface area contributed by atoms with E-state index in [0.717, 1.165) is 43.2 Å². The Balaban J connectivity index is 1.23. The lowest BCUT2D eigenvalue weighted by molar-refractivity contribution is -0.151. The van der Waals surface area contributed by atoms with Crippen molar-refractivity contribution in [3.63, 3.8) is 0 Å². The van der Waals surface area contributed by atoms with Crippen LogP contribution in [0.2, 0.25) is 0 Å². The van der Waals surface area contributed by atoms with Crippen molar-refractivity contribution in [3.05, 3.63) is 102 Å². The van der Waals surface area contributed by atoms with E-state index < -0.39 is 77.5 Å². The summed E-state index contributed by atoms with van der Waals surface area (Å²) in [7, 11) is 0. The zero-order chi connectivity index (χ0) is 47.6. The van der Waals surface area contributed by atoms with Gasteiger partial charge in [0.25, 0.3) is 0 Å². The summed E-state index contributed by atoms with van der Waals surface area (Å²) in [5.74, 6) is -3.09. The molecule has 2 aliphatic rings. The molecule has 5 atom stereocenters. The van der Waals surface area contributed by atoms with E-state index in [2.05, 4.69) is 21.3 Å². The number of likely N-dealkylation sites (tertiary alicyclic amines) is 1. The summed E-state index contributed by atoms with van der Waals surface area (Å²) in [6, 6.07) is 20.2. The molecule has 0 aromatic heterocycles. The number of benzene rings is 3. The maximum Gasteiger partial charge on any atom is 0.408 e. The number of hydrogen-bond acceptors (Lipinski definition) is 11. The highest BCUT2D eigenvalue weighted by molar-refractivity contribution is 5.96. The van der Waals surface area contributed by atoms with Crippen LogP contribution < -0.4 is 26.0 Å². The van der Waals surface area contributed by atoms with Gasteiger partial charge >= 0.3 is 18.0 Å². The van der Waals surface area contributed by atoms with Crippen molar-refractivity contribution in [2.75, 3.05) is 6.54 Å². The van der Waals surface area contributed by atoms with Gasteiger partial charge in [-0.25, -0.2) is 9.59 Å². The first-order valence-corrected chi connectivity index (χ1v) is 22.9. The third kappa shape index (κ3) is 16.5. The summed E-state index contributed by atoms with van der Waals surface area (Å²) in [5, 5.41) is 10.7. The molecule has 1 heterocycles. The van der Waals surface area contributed by atoms with E-state index in [-0.39, 0.29) is 44.9 Å². The van der Waals surface area contributed by atoms with E-state index in [1.165, 1.54) is 18.7 Å². The molecule has 5 rings (SSSR count). The normalized spacial score (nSPS) is 16.9. The molecule has 4 N–H and O–H groups in total. The number of alkyl carbamates (subject to hydrolysis) is 1. The second kappa shape index (κ2) is 24.7. The fourth-order valence-corrected chi connectivity index (χ4v) is 7.71. The number of nitrogens with zero attached hydrogens (tertiary/aromatic N) is 1. The van der Waals surface area contributed by atoms with Crippen LogP contribution in [0.25, 0.3) is 0 Å². The van der Waals surface area contributed by atoms with Gasteiger partial charge in [0.05, 0.1) is 0 Å². The van der Waals surface area contributed by atoms with Crippen LogP contribution in [0, 0.1) is 0 Å². The lowest BCUT2D eigenvalue weighted by atomic mass is 9.98. The van der Waals surface area contributed by atoms with Gasteiger partial charge in [0.1, 0.15) is 60.9 Å². The monoisotopic (exact) mass is 911 g/mol. The van der Waals surface area contributed by atoms with Crippen LogP contribution in [0.5, 0.6) is 5.75 Å². The van der Waals surface area contributed by atoms with Crippen LogP contribution in [-0.4, -0.2) is 95.0 Å². The van der Waals surface area contributed by atoms with Gasteiger partial charge in [-0.15, -0.1) is 0 Å². The van der Waals surface area contributed by atoms with E-state index in [1.807, 2.05) is 60.7 Å². The Labute approximate surface area is 387 Å². The van der Waals surface area contributed by atoms with Crippen molar-refractivity contribution in [1.82, 2.24) is 26.2 Å². The predicted molar refractivity (Wildman–Crippen MR) is 244 cm³/mol. The number of nitrogens with one attached hydrogen (secondary N) is 4. The van der Waals surface area contributed by atoms with Crippen LogP contribution in [0.4, 0.5) is 4.79 Å². The van der Waals surface area contributed by atoms with Crippen LogP contribution in [0.3, 0.4) is 0 Å². The van der Waals surface area contributed by atoms with Crippen LogP contribution in [-0.2, 0) is 62.6 Å². The molecule has 1 saturated heterocycles. The molecule has 3 aromatic carbocycles. The third-order valence-electron chi connectivity index (χ3n) is 11.2. The maximum atomic E-state index is 14.1. The Morgan fingerprint density at radius 3 is 1.94 bits per heavy atom. The molecule has 3 aromatic rings. The molecular weight excluding hydrogens is 847 g/mol. The molecule has 66 heavy (non-hydrogen) atoms. The number of carbonyl (C=O) groups excluding carboxylic acids is 7. The van der Waals surface area contributed by atoms with Crippen molar-refractivity contribution in [1.29, 1.82) is 0 Å². The molecule has 16 nitrogen and oxygen atoms in total. The molecule has 0 radical (unpaired) electrons. The van der Waals surface area contributed by atoms with Gasteiger partial charge in [0.15, 0.2) is 0 Å². The summed E-state index contributed by atoms with van der Waals surface area (Å²) < 4.78 is 22.4. The van der Waals surface area contributed by atoms with Gasteiger partial charge < -0.3 is 45.1 Å². The fraction of sp³-hybridized carbons (Fsp3) is 0.500. The molecule has 2 fully saturated rings. The molecule has 1 saturated carbocycles. The smallest absolute Gasteiger partial charge is 0.408 e. The molecule has 0 bridgehead atoms. The lowest BCUT2D eigenvalue weighted by Gasteiger charge is -2.30. The Bertz CT molecular complexity index is 2090. The second-order valence-corrected chi connectivity index (χ2v) is 17.9. The van der Waals surface area contributed by atoms with Gasteiger partial charge in [-0.2, -0.15) is 0 Å². The van der Waals surface area contributed by atoms with Gasteiger partial charge in [0.2, 0.25) is 23.6 Å². The highest BCUT2D eigenvalue weighted by atomic mass is 16.6. The molecule has 16 heteroatoms. The minimum atomic E-state index is -1.20. The summed E-state index contributed by atoms with van der Waals surface area (Å²) in [6.45, 7) is 8.55. The largest absolute Gasteiger partial charge is 0.489 e. The Kier molecular flexibility index (Phi) is 18.9. The Morgan fingerprint density at radius 2 is 1.30 bits per heavy atom. The zero-order valence-corrected chi connectivity index (χ0v) is 38.7. The number of esters is 2. The lowest BCUT2D eigenvalue weighted by Crippen LogP contribution is -2.58. The first kappa shape index (κ1) is 50.5. The number of rotatable bonds is 20. The topological polar surface area (TPSA) is 208 Å². The third-order valence-corrected chi connectivity index (χ3v) is 11.2. The summed E-state index contributed by atoms with van der Waals surface area (Å²) in [6.07, 6.45) is 4.13. The highest BCUT2D eigenvalue weighted by Gasteiger charge is 2.39. The summed E-state index contributed by atoms with van der Waals surface area (Å²) in [5.41, 5.74) is 1.58. The molecule has 1 aliphatic heterocycles. The van der Waals surface area contributed by atoms with Crippen LogP contribution in [0.1, 0.15) is 109 Å². The average molecular weight is 912 g/mol. The van der Waals surface area contributed by atoms with E-state index in [0.29, 0.717) is 24.3 Å². The zero-order valence-electron chi connectivity index (χ0n) is 38.7. The first-order valence-electron chi connectivity index (χ1n) is 22.9. The van der Waals surface area contributed by atoms with Crippen molar-refractivity contribution in [2.24, 2.45) is 0 Å². The van der Waals surface area contributed by atoms with E-state index in [4.69, 9.17) is 18.9 Å². The van der Waals surface area contributed by atoms with Crippen molar-refractivity contribution >= 4 is 41.7 Å². The minimum absolute atomic E-state index is 0.00982. The number of carbonyl (C=O) groups is 7. The molecule has 1 aliphatic carbocycles. The van der Waals surface area contributed by atoms with Gasteiger partial charge in [-0.05, 0) is 108 Å². The van der Waals surface area contributed by atoms with Crippen molar-refractivity contribution in [3.8, 4) is 5.75 Å². The van der Waals surface area contributed by atoms with Crippen molar-refractivity contribution in [2.45, 2.75) is 154 Å². The molecule has 0 spiro atoms. The quantitative estimate of drug-likeness (QED) is 0.0813. The number of amides is 5. The average Bonchev–Trinajstić information content (AvgIpc) is 3.80. The van der Waals surface area contributed by atoms with E-state index >= 15 is 0 Å². The van der Waals surface area contributed by atoms with E-state index in [9.17, 15) is 33.6 Å². The van der Waals surface area contributed by atoms with Crippen LogP contribution in [0.15, 0.2) is 84.9 Å². The van der Waals surface area contributed by atoms with Gasteiger partial charge in [-0.1, -0.05) is 79.2 Å². The minimum Gasteiger partial charge on any atom is -0.489 e. The van der Waals surface area contributed by atoms with E-state index in [1.54, 1.807) is 45.0 Å². The Morgan fingerprint density at radius 1 is 0.667 bits per heavy atom. The SMILES string of the molecule is C[C@@H](NC(=O)[C@@H]1CCCN1C(=O)[C@@H](CCC(=O)OC1CCCCC1)NC(=O)OC(C)(C)C)C(=O)N[C@@H](Cc1ccc(OCc2ccccc2)cc1)C(=O)N[C@H](C)C(=O)OCc1ccccc1. The maximum absolute atomic E-state index is 14.1. The molecule has 5 amide bonds. The molecule has 356 valence electrons. The van der Waals surface area contributed by atoms with Crippen LogP contribution >= 0.6 is 0 Å². The summed E-state index contributed by atoms with van der Waals surface area (Å²) >= 11 is 0. The number of hydrogen-bond donors (Lipinski definition) is 4. The number of ether oxygens (including phenoxy) is 4. The van der Waals surface area contributed by atoms with Gasteiger partial charge in [0, 0.05) is 19.4 Å². The molecular formula is C50H65N5O11. The second-order valence-electron chi connectivity index (χ2n) is 17.9. The fourth-order valence-electron chi connectivity index (χ4n) is 7.71. The first-order chi connectivity index (χ1) is 31.5.